The zero-order chi connectivity index (χ0) is 10.8. The highest BCUT2D eigenvalue weighted by Crippen LogP contribution is 2.35. The first kappa shape index (κ1) is 10.8. The fraction of sp³-hybridized carbons (Fsp3) is 0.500. The molecular formula is C12H15BrO2. The molecular weight excluding hydrogens is 256 g/mol. The standard InChI is InChI=1S/C12H15BrO2/c1-8(2)14-12-7-9(13)3-6-11(12)15-10-4-5-10/h3,6-8,10H,4-5H2,1-2H3. The number of hydrogen-bond donors (Lipinski definition) is 0. The number of benzene rings is 1. The molecule has 0 unspecified atom stereocenters. The van der Waals surface area contributed by atoms with Crippen LogP contribution in [0.4, 0.5) is 0 Å². The topological polar surface area (TPSA) is 18.5 Å². The first-order chi connectivity index (χ1) is 7.15. The molecule has 3 heteroatoms. The van der Waals surface area contributed by atoms with Crippen LogP contribution < -0.4 is 9.47 Å². The summed E-state index contributed by atoms with van der Waals surface area (Å²) in [5.74, 6) is 1.68. The Hall–Kier alpha value is -0.700. The Balaban J connectivity index is 2.17. The van der Waals surface area contributed by atoms with Crippen LogP contribution in [0.25, 0.3) is 0 Å². The Morgan fingerprint density at radius 2 is 2.00 bits per heavy atom. The highest BCUT2D eigenvalue weighted by atomic mass is 79.9. The van der Waals surface area contributed by atoms with Gasteiger partial charge in [0.2, 0.25) is 0 Å². The number of rotatable bonds is 4. The molecule has 82 valence electrons. The van der Waals surface area contributed by atoms with Gasteiger partial charge < -0.3 is 9.47 Å². The van der Waals surface area contributed by atoms with Crippen molar-refractivity contribution in [2.24, 2.45) is 0 Å². The summed E-state index contributed by atoms with van der Waals surface area (Å²) in [6.45, 7) is 4.03. The lowest BCUT2D eigenvalue weighted by molar-refractivity contribution is 0.217. The molecule has 0 heterocycles. The molecule has 1 aliphatic rings. The van der Waals surface area contributed by atoms with Gasteiger partial charge in [0.25, 0.3) is 0 Å². The first-order valence-electron chi connectivity index (χ1n) is 5.28. The van der Waals surface area contributed by atoms with Gasteiger partial charge in [-0.3, -0.25) is 0 Å². The van der Waals surface area contributed by atoms with E-state index in [4.69, 9.17) is 9.47 Å². The van der Waals surface area contributed by atoms with E-state index in [1.54, 1.807) is 0 Å². The normalized spacial score (nSPS) is 15.5. The molecule has 1 aromatic rings. The Labute approximate surface area is 98.7 Å². The monoisotopic (exact) mass is 270 g/mol. The third-order valence-corrected chi connectivity index (χ3v) is 2.58. The minimum atomic E-state index is 0.167. The maximum Gasteiger partial charge on any atom is 0.162 e. The molecule has 0 amide bonds. The van der Waals surface area contributed by atoms with Crippen LogP contribution in [0.2, 0.25) is 0 Å². The summed E-state index contributed by atoms with van der Waals surface area (Å²) in [4.78, 5) is 0. The van der Waals surface area contributed by atoms with Crippen LogP contribution in [-0.2, 0) is 0 Å². The van der Waals surface area contributed by atoms with Gasteiger partial charge in [-0.15, -0.1) is 0 Å². The quantitative estimate of drug-likeness (QED) is 0.829. The van der Waals surface area contributed by atoms with E-state index in [9.17, 15) is 0 Å². The molecule has 1 saturated carbocycles. The van der Waals surface area contributed by atoms with Crippen molar-refractivity contribution in [1.29, 1.82) is 0 Å². The van der Waals surface area contributed by atoms with Crippen molar-refractivity contribution >= 4 is 15.9 Å². The largest absolute Gasteiger partial charge is 0.487 e. The van der Waals surface area contributed by atoms with Crippen LogP contribution >= 0.6 is 15.9 Å². The van der Waals surface area contributed by atoms with Gasteiger partial charge in [0.1, 0.15) is 0 Å². The van der Waals surface area contributed by atoms with Crippen LogP contribution in [-0.4, -0.2) is 12.2 Å². The van der Waals surface area contributed by atoms with E-state index in [0.29, 0.717) is 6.10 Å². The molecule has 0 radical (unpaired) electrons. The summed E-state index contributed by atoms with van der Waals surface area (Å²) in [6.07, 6.45) is 2.90. The van der Waals surface area contributed by atoms with Gasteiger partial charge in [-0.2, -0.15) is 0 Å². The van der Waals surface area contributed by atoms with Gasteiger partial charge >= 0.3 is 0 Å². The van der Waals surface area contributed by atoms with E-state index in [2.05, 4.69) is 15.9 Å². The zero-order valence-electron chi connectivity index (χ0n) is 9.00. The zero-order valence-corrected chi connectivity index (χ0v) is 10.6. The third kappa shape index (κ3) is 3.13. The molecule has 0 bridgehead atoms. The van der Waals surface area contributed by atoms with Crippen molar-refractivity contribution in [2.75, 3.05) is 0 Å². The van der Waals surface area contributed by atoms with Gasteiger partial charge in [0.05, 0.1) is 12.2 Å². The number of halogens is 1. The molecule has 2 rings (SSSR count). The Bertz CT molecular complexity index is 345. The molecule has 1 aromatic carbocycles. The summed E-state index contributed by atoms with van der Waals surface area (Å²) in [6, 6.07) is 5.89. The fourth-order valence-electron chi connectivity index (χ4n) is 1.29. The SMILES string of the molecule is CC(C)Oc1cc(Br)ccc1OC1CC1. The summed E-state index contributed by atoms with van der Waals surface area (Å²) in [5, 5.41) is 0. The van der Waals surface area contributed by atoms with E-state index >= 15 is 0 Å². The maximum absolute atomic E-state index is 5.77. The van der Waals surface area contributed by atoms with Crippen molar-refractivity contribution in [2.45, 2.75) is 38.9 Å². The molecule has 0 saturated heterocycles. The fourth-order valence-corrected chi connectivity index (χ4v) is 1.63. The molecule has 0 atom stereocenters. The summed E-state index contributed by atoms with van der Waals surface area (Å²) < 4.78 is 12.5. The Morgan fingerprint density at radius 1 is 1.27 bits per heavy atom. The highest BCUT2D eigenvalue weighted by molar-refractivity contribution is 9.10. The second-order valence-electron chi connectivity index (χ2n) is 4.07. The average Bonchev–Trinajstić information content (AvgIpc) is 2.92. The van der Waals surface area contributed by atoms with E-state index in [1.165, 1.54) is 0 Å². The van der Waals surface area contributed by atoms with Gasteiger partial charge in [0, 0.05) is 4.47 Å². The summed E-state index contributed by atoms with van der Waals surface area (Å²) in [7, 11) is 0. The lowest BCUT2D eigenvalue weighted by Gasteiger charge is -2.15. The first-order valence-corrected chi connectivity index (χ1v) is 6.07. The van der Waals surface area contributed by atoms with Crippen LogP contribution in [0.5, 0.6) is 11.5 Å². The average molecular weight is 271 g/mol. The third-order valence-electron chi connectivity index (χ3n) is 2.09. The molecule has 1 aliphatic carbocycles. The highest BCUT2D eigenvalue weighted by Gasteiger charge is 2.25. The van der Waals surface area contributed by atoms with E-state index in [-0.39, 0.29) is 6.10 Å². The predicted molar refractivity (Wildman–Crippen MR) is 63.6 cm³/mol. The van der Waals surface area contributed by atoms with Gasteiger partial charge in [-0.25, -0.2) is 0 Å². The van der Waals surface area contributed by atoms with Crippen LogP contribution in [0.3, 0.4) is 0 Å². The molecule has 1 fully saturated rings. The predicted octanol–water partition coefficient (Wildman–Crippen LogP) is 3.78. The molecule has 2 nitrogen and oxygen atoms in total. The number of ether oxygens (including phenoxy) is 2. The maximum atomic E-state index is 5.77. The second-order valence-corrected chi connectivity index (χ2v) is 4.99. The van der Waals surface area contributed by atoms with Crippen molar-refractivity contribution < 1.29 is 9.47 Å². The van der Waals surface area contributed by atoms with Crippen molar-refractivity contribution in [3.63, 3.8) is 0 Å². The van der Waals surface area contributed by atoms with Gasteiger partial charge in [-0.1, -0.05) is 15.9 Å². The number of hydrogen-bond acceptors (Lipinski definition) is 2. The molecule has 0 N–H and O–H groups in total. The lowest BCUT2D eigenvalue weighted by atomic mass is 10.3. The van der Waals surface area contributed by atoms with Gasteiger partial charge in [-0.05, 0) is 44.9 Å². The van der Waals surface area contributed by atoms with Crippen LogP contribution in [0, 0.1) is 0 Å². The van der Waals surface area contributed by atoms with Crippen molar-refractivity contribution in [1.82, 2.24) is 0 Å². The lowest BCUT2D eigenvalue weighted by Crippen LogP contribution is -2.07. The molecule has 0 aliphatic heterocycles. The summed E-state index contributed by atoms with van der Waals surface area (Å²) >= 11 is 3.43. The van der Waals surface area contributed by atoms with Crippen molar-refractivity contribution in [3.05, 3.63) is 22.7 Å². The smallest absolute Gasteiger partial charge is 0.162 e. The van der Waals surface area contributed by atoms with E-state index in [1.807, 2.05) is 32.0 Å². The van der Waals surface area contributed by atoms with Crippen molar-refractivity contribution in [3.8, 4) is 11.5 Å². The van der Waals surface area contributed by atoms with E-state index in [0.717, 1.165) is 28.8 Å². The molecule has 0 aromatic heterocycles. The second kappa shape index (κ2) is 4.44. The van der Waals surface area contributed by atoms with Gasteiger partial charge in [0.15, 0.2) is 11.5 Å². The molecule has 15 heavy (non-hydrogen) atoms. The van der Waals surface area contributed by atoms with Crippen LogP contribution in [0.15, 0.2) is 22.7 Å². The molecule has 0 spiro atoms. The Kier molecular flexibility index (Phi) is 3.19. The minimum Gasteiger partial charge on any atom is -0.487 e. The minimum absolute atomic E-state index is 0.167. The summed E-state index contributed by atoms with van der Waals surface area (Å²) in [5.41, 5.74) is 0. The Morgan fingerprint density at radius 3 is 2.60 bits per heavy atom. The van der Waals surface area contributed by atoms with E-state index < -0.39 is 0 Å². The van der Waals surface area contributed by atoms with Crippen LogP contribution in [0.1, 0.15) is 26.7 Å².